The fourth-order valence-corrected chi connectivity index (χ4v) is 2.77. The van der Waals surface area contributed by atoms with E-state index in [0.29, 0.717) is 11.5 Å². The number of amides is 1. The van der Waals surface area contributed by atoms with Crippen LogP contribution in [0.4, 0.5) is 0 Å². The van der Waals surface area contributed by atoms with Gasteiger partial charge in [0, 0.05) is 44.6 Å². The van der Waals surface area contributed by atoms with E-state index in [0.717, 1.165) is 37.3 Å². The van der Waals surface area contributed by atoms with Crippen molar-refractivity contribution in [2.45, 2.75) is 25.7 Å². The van der Waals surface area contributed by atoms with Crippen LogP contribution in [-0.2, 0) is 7.05 Å². The molecule has 0 bridgehead atoms. The molecule has 0 aliphatic carbocycles. The molecule has 0 aromatic carbocycles. The lowest BCUT2D eigenvalue weighted by atomic mass is 9.93. The smallest absolute Gasteiger partial charge is 0.257 e. The van der Waals surface area contributed by atoms with Gasteiger partial charge in [-0.1, -0.05) is 0 Å². The third-order valence-electron chi connectivity index (χ3n) is 3.93. The number of likely N-dealkylation sites (tertiary alicyclic amines) is 1. The van der Waals surface area contributed by atoms with Crippen LogP contribution in [0.15, 0.2) is 24.8 Å². The average Bonchev–Trinajstić information content (AvgIpc) is 2.93. The maximum atomic E-state index is 12.4. The minimum absolute atomic E-state index is 0.0666. The second-order valence-electron chi connectivity index (χ2n) is 5.55. The van der Waals surface area contributed by atoms with Gasteiger partial charge in [0.15, 0.2) is 0 Å². The fraction of sp³-hybridized carbons (Fsp3) is 0.467. The Balaban J connectivity index is 1.64. The normalized spacial score (nSPS) is 16.2. The third-order valence-corrected chi connectivity index (χ3v) is 3.93. The highest BCUT2D eigenvalue weighted by Crippen LogP contribution is 2.27. The summed E-state index contributed by atoms with van der Waals surface area (Å²) in [6.45, 7) is 3.47. The molecule has 1 aliphatic rings. The molecule has 6 heteroatoms. The number of aryl methyl sites for hydroxylation is 2. The topological polar surface area (TPSA) is 63.9 Å². The summed E-state index contributed by atoms with van der Waals surface area (Å²) in [5.74, 6) is 0.465. The molecule has 3 rings (SSSR count). The molecule has 21 heavy (non-hydrogen) atoms. The molecule has 0 radical (unpaired) electrons. The van der Waals surface area contributed by atoms with Crippen molar-refractivity contribution in [2.24, 2.45) is 7.05 Å². The molecule has 0 saturated carbocycles. The van der Waals surface area contributed by atoms with Gasteiger partial charge in [-0.05, 0) is 19.8 Å². The number of hydrogen-bond donors (Lipinski definition) is 0. The van der Waals surface area contributed by atoms with Crippen molar-refractivity contribution in [3.63, 3.8) is 0 Å². The first kappa shape index (κ1) is 13.7. The summed E-state index contributed by atoms with van der Waals surface area (Å²) >= 11 is 0. The summed E-state index contributed by atoms with van der Waals surface area (Å²) in [6.07, 6.45) is 8.87. The lowest BCUT2D eigenvalue weighted by molar-refractivity contribution is 0.0712. The van der Waals surface area contributed by atoms with Gasteiger partial charge in [-0.3, -0.25) is 19.4 Å². The zero-order valence-electron chi connectivity index (χ0n) is 12.4. The molecular formula is C15H19N5O. The molecule has 1 saturated heterocycles. The van der Waals surface area contributed by atoms with Crippen molar-refractivity contribution >= 4 is 5.91 Å². The monoisotopic (exact) mass is 285 g/mol. The number of nitrogens with zero attached hydrogens (tertiary/aromatic N) is 5. The summed E-state index contributed by atoms with van der Waals surface area (Å²) in [5.41, 5.74) is 2.65. The van der Waals surface area contributed by atoms with E-state index in [4.69, 9.17) is 0 Å². The van der Waals surface area contributed by atoms with E-state index in [1.165, 1.54) is 0 Å². The van der Waals surface area contributed by atoms with Gasteiger partial charge in [-0.15, -0.1) is 0 Å². The summed E-state index contributed by atoms with van der Waals surface area (Å²) in [4.78, 5) is 23.0. The Bertz CT molecular complexity index is 643. The summed E-state index contributed by atoms with van der Waals surface area (Å²) in [5, 5.41) is 4.06. The van der Waals surface area contributed by atoms with Crippen molar-refractivity contribution in [1.82, 2.24) is 24.6 Å². The molecule has 6 nitrogen and oxygen atoms in total. The van der Waals surface area contributed by atoms with E-state index >= 15 is 0 Å². The predicted octanol–water partition coefficient (Wildman–Crippen LogP) is 1.54. The number of carbonyl (C=O) groups excluding carboxylic acids is 1. The van der Waals surface area contributed by atoms with Gasteiger partial charge in [0.2, 0.25) is 0 Å². The second-order valence-corrected chi connectivity index (χ2v) is 5.55. The van der Waals surface area contributed by atoms with E-state index in [2.05, 4.69) is 15.1 Å². The molecule has 110 valence electrons. The number of rotatable bonds is 2. The summed E-state index contributed by atoms with van der Waals surface area (Å²) in [6, 6.07) is 0. The number of piperidine rings is 1. The highest BCUT2D eigenvalue weighted by molar-refractivity contribution is 5.93. The maximum absolute atomic E-state index is 12.4. The zero-order chi connectivity index (χ0) is 14.8. The standard InChI is InChI=1S/C15H19N5O/c1-11-7-16-9-14(18-11)12-3-5-20(6-4-12)15(21)13-8-17-19(2)10-13/h7-10,12H,3-6H2,1-2H3. The van der Waals surface area contributed by atoms with Gasteiger partial charge in [-0.2, -0.15) is 5.10 Å². The van der Waals surface area contributed by atoms with Crippen LogP contribution >= 0.6 is 0 Å². The Hall–Kier alpha value is -2.24. The van der Waals surface area contributed by atoms with Crippen LogP contribution in [0.2, 0.25) is 0 Å². The van der Waals surface area contributed by atoms with Gasteiger partial charge in [0.25, 0.3) is 5.91 Å². The SMILES string of the molecule is Cc1cncc(C2CCN(C(=O)c3cnn(C)c3)CC2)n1. The van der Waals surface area contributed by atoms with E-state index in [-0.39, 0.29) is 5.91 Å². The first-order valence-electron chi connectivity index (χ1n) is 7.20. The van der Waals surface area contributed by atoms with E-state index < -0.39 is 0 Å². The Morgan fingerprint density at radius 1 is 1.24 bits per heavy atom. The molecule has 0 unspecified atom stereocenters. The molecule has 1 fully saturated rings. The molecule has 3 heterocycles. The molecule has 1 aliphatic heterocycles. The molecule has 0 spiro atoms. The lowest BCUT2D eigenvalue weighted by Gasteiger charge is -2.31. The molecule has 2 aromatic rings. The van der Waals surface area contributed by atoms with Crippen LogP contribution in [0, 0.1) is 6.92 Å². The number of carbonyl (C=O) groups is 1. The quantitative estimate of drug-likeness (QED) is 0.839. The van der Waals surface area contributed by atoms with Crippen molar-refractivity contribution in [3.05, 3.63) is 41.7 Å². The Kier molecular flexibility index (Phi) is 3.68. The largest absolute Gasteiger partial charge is 0.339 e. The maximum Gasteiger partial charge on any atom is 0.257 e. The lowest BCUT2D eigenvalue weighted by Crippen LogP contribution is -2.38. The molecule has 2 aromatic heterocycles. The Morgan fingerprint density at radius 2 is 2.00 bits per heavy atom. The van der Waals surface area contributed by atoms with E-state index in [1.807, 2.05) is 25.1 Å². The van der Waals surface area contributed by atoms with Crippen LogP contribution in [0.1, 0.15) is 40.5 Å². The van der Waals surface area contributed by atoms with Gasteiger partial charge < -0.3 is 4.90 Å². The minimum atomic E-state index is 0.0666. The van der Waals surface area contributed by atoms with Gasteiger partial charge in [-0.25, -0.2) is 0 Å². The van der Waals surface area contributed by atoms with Crippen LogP contribution in [0.25, 0.3) is 0 Å². The predicted molar refractivity (Wildman–Crippen MR) is 77.9 cm³/mol. The van der Waals surface area contributed by atoms with Crippen molar-refractivity contribution in [1.29, 1.82) is 0 Å². The summed E-state index contributed by atoms with van der Waals surface area (Å²) < 4.78 is 1.66. The van der Waals surface area contributed by atoms with E-state index in [1.54, 1.807) is 23.3 Å². The highest BCUT2D eigenvalue weighted by Gasteiger charge is 2.26. The van der Waals surface area contributed by atoms with Gasteiger partial charge in [0.1, 0.15) is 0 Å². The van der Waals surface area contributed by atoms with E-state index in [9.17, 15) is 4.79 Å². The van der Waals surface area contributed by atoms with Crippen LogP contribution < -0.4 is 0 Å². The highest BCUT2D eigenvalue weighted by atomic mass is 16.2. The van der Waals surface area contributed by atoms with Crippen LogP contribution in [0.3, 0.4) is 0 Å². The average molecular weight is 285 g/mol. The van der Waals surface area contributed by atoms with Crippen molar-refractivity contribution in [3.8, 4) is 0 Å². The summed E-state index contributed by atoms with van der Waals surface area (Å²) in [7, 11) is 1.82. The van der Waals surface area contributed by atoms with Crippen molar-refractivity contribution in [2.75, 3.05) is 13.1 Å². The zero-order valence-corrected chi connectivity index (χ0v) is 12.4. The third kappa shape index (κ3) is 2.94. The van der Waals surface area contributed by atoms with Gasteiger partial charge in [0.05, 0.1) is 23.1 Å². The first-order chi connectivity index (χ1) is 10.1. The minimum Gasteiger partial charge on any atom is -0.339 e. The van der Waals surface area contributed by atoms with Gasteiger partial charge >= 0.3 is 0 Å². The Morgan fingerprint density at radius 3 is 2.62 bits per heavy atom. The van der Waals surface area contributed by atoms with Crippen LogP contribution in [-0.4, -0.2) is 43.6 Å². The number of hydrogen-bond acceptors (Lipinski definition) is 4. The molecule has 0 N–H and O–H groups in total. The molecule has 0 atom stereocenters. The Labute approximate surface area is 123 Å². The molecule has 1 amide bonds. The fourth-order valence-electron chi connectivity index (χ4n) is 2.77. The first-order valence-corrected chi connectivity index (χ1v) is 7.20. The molecular weight excluding hydrogens is 266 g/mol. The van der Waals surface area contributed by atoms with Crippen molar-refractivity contribution < 1.29 is 4.79 Å². The second kappa shape index (κ2) is 5.63. The van der Waals surface area contributed by atoms with Crippen LogP contribution in [0.5, 0.6) is 0 Å². The number of aromatic nitrogens is 4.